The first-order valence-corrected chi connectivity index (χ1v) is 9.15. The number of aryl methyl sites for hydroxylation is 2. The topological polar surface area (TPSA) is 46.6 Å². The quantitative estimate of drug-likeness (QED) is 0.593. The highest BCUT2D eigenvalue weighted by Crippen LogP contribution is 2.23. The number of amides is 1. The van der Waals surface area contributed by atoms with E-state index in [-0.39, 0.29) is 17.8 Å². The van der Waals surface area contributed by atoms with Gasteiger partial charge in [-0.05, 0) is 74.2 Å². The van der Waals surface area contributed by atoms with Crippen molar-refractivity contribution in [2.75, 3.05) is 13.1 Å². The maximum atomic E-state index is 12.7. The van der Waals surface area contributed by atoms with E-state index in [9.17, 15) is 9.59 Å². The van der Waals surface area contributed by atoms with Crippen LogP contribution in [0.3, 0.4) is 0 Å². The van der Waals surface area contributed by atoms with Crippen molar-refractivity contribution < 1.29 is 14.3 Å². The molecule has 1 atom stereocenters. The van der Waals surface area contributed by atoms with Crippen LogP contribution in [0.1, 0.15) is 34.3 Å². The lowest BCUT2D eigenvalue weighted by molar-refractivity contribution is -0.140. The molecule has 2 aromatic rings. The second kappa shape index (κ2) is 7.92. The third-order valence-electron chi connectivity index (χ3n) is 4.83. The van der Waals surface area contributed by atoms with Crippen LogP contribution in [-0.4, -0.2) is 29.9 Å². The molecule has 1 aliphatic rings. The van der Waals surface area contributed by atoms with E-state index in [0.29, 0.717) is 29.4 Å². The molecule has 0 radical (unpaired) electrons. The lowest BCUT2D eigenvalue weighted by Gasteiger charge is -2.31. The minimum absolute atomic E-state index is 0.0784. The Morgan fingerprint density at radius 2 is 1.81 bits per heavy atom. The summed E-state index contributed by atoms with van der Waals surface area (Å²) in [5.74, 6) is -0.104. The number of hydrogen-bond acceptors (Lipinski definition) is 3. The second-order valence-corrected chi connectivity index (χ2v) is 7.20. The average molecular weight is 372 g/mol. The number of ether oxygens (including phenoxy) is 1. The Morgan fingerprint density at radius 1 is 1.08 bits per heavy atom. The van der Waals surface area contributed by atoms with E-state index >= 15 is 0 Å². The van der Waals surface area contributed by atoms with Crippen LogP contribution < -0.4 is 4.74 Å². The summed E-state index contributed by atoms with van der Waals surface area (Å²) < 4.78 is 5.54. The predicted octanol–water partition coefficient (Wildman–Crippen LogP) is 4.41. The summed E-state index contributed by atoms with van der Waals surface area (Å²) in [7, 11) is 0. The molecule has 2 aromatic carbocycles. The van der Waals surface area contributed by atoms with Crippen LogP contribution >= 0.6 is 11.6 Å². The number of halogens is 1. The Balaban J connectivity index is 1.65. The number of hydrogen-bond donors (Lipinski definition) is 0. The molecule has 0 spiro atoms. The van der Waals surface area contributed by atoms with E-state index in [0.717, 1.165) is 24.0 Å². The molecule has 0 N–H and O–H groups in total. The van der Waals surface area contributed by atoms with Crippen molar-refractivity contribution >= 4 is 23.5 Å². The van der Waals surface area contributed by atoms with Gasteiger partial charge in [-0.1, -0.05) is 17.7 Å². The van der Waals surface area contributed by atoms with Crippen LogP contribution in [0.2, 0.25) is 5.02 Å². The summed E-state index contributed by atoms with van der Waals surface area (Å²) in [6.45, 7) is 5.03. The van der Waals surface area contributed by atoms with Gasteiger partial charge in [-0.3, -0.25) is 9.59 Å². The average Bonchev–Trinajstić information content (AvgIpc) is 2.65. The van der Waals surface area contributed by atoms with Gasteiger partial charge < -0.3 is 9.64 Å². The van der Waals surface area contributed by atoms with Gasteiger partial charge in [0.05, 0.1) is 5.92 Å². The smallest absolute Gasteiger partial charge is 0.316 e. The molecule has 1 fully saturated rings. The van der Waals surface area contributed by atoms with Crippen molar-refractivity contribution in [3.05, 3.63) is 64.2 Å². The number of carbonyl (C=O) groups excluding carboxylic acids is 2. The second-order valence-electron chi connectivity index (χ2n) is 6.76. The van der Waals surface area contributed by atoms with Gasteiger partial charge in [-0.15, -0.1) is 0 Å². The lowest BCUT2D eigenvalue weighted by Crippen LogP contribution is -2.43. The maximum absolute atomic E-state index is 12.7. The van der Waals surface area contributed by atoms with Crippen LogP contribution in [0, 0.1) is 19.8 Å². The standard InChI is InChI=1S/C21H22ClNO3/c1-14-5-10-19(12-15(14)2)26-21(25)17-4-3-11-23(13-17)20(24)16-6-8-18(22)9-7-16/h5-10,12,17H,3-4,11,13H2,1-2H3/t17-/m1/s1. The molecule has 0 saturated carbocycles. The minimum atomic E-state index is -0.304. The van der Waals surface area contributed by atoms with E-state index in [1.807, 2.05) is 26.0 Å². The number of nitrogens with zero attached hydrogens (tertiary/aromatic N) is 1. The van der Waals surface area contributed by atoms with Gasteiger partial charge in [0.2, 0.25) is 0 Å². The van der Waals surface area contributed by atoms with Crippen LogP contribution in [0.15, 0.2) is 42.5 Å². The van der Waals surface area contributed by atoms with E-state index in [4.69, 9.17) is 16.3 Å². The van der Waals surface area contributed by atoms with Crippen molar-refractivity contribution in [2.24, 2.45) is 5.92 Å². The molecular weight excluding hydrogens is 350 g/mol. The van der Waals surface area contributed by atoms with E-state index in [1.165, 1.54) is 0 Å². The number of carbonyl (C=O) groups is 2. The number of esters is 1. The third kappa shape index (κ3) is 4.25. The highest BCUT2D eigenvalue weighted by atomic mass is 35.5. The molecule has 0 unspecified atom stereocenters. The SMILES string of the molecule is Cc1ccc(OC(=O)[C@@H]2CCCN(C(=O)c3ccc(Cl)cc3)C2)cc1C. The molecular formula is C21H22ClNO3. The van der Waals surface area contributed by atoms with Crippen molar-refractivity contribution in [3.8, 4) is 5.75 Å². The van der Waals surface area contributed by atoms with Crippen LogP contribution in [-0.2, 0) is 4.79 Å². The zero-order chi connectivity index (χ0) is 18.7. The lowest BCUT2D eigenvalue weighted by atomic mass is 9.97. The largest absolute Gasteiger partial charge is 0.426 e. The normalized spacial score (nSPS) is 17.0. The Hall–Kier alpha value is -2.33. The third-order valence-corrected chi connectivity index (χ3v) is 5.08. The number of piperidine rings is 1. The van der Waals surface area contributed by atoms with Gasteiger partial charge in [0.15, 0.2) is 0 Å². The van der Waals surface area contributed by atoms with Crippen molar-refractivity contribution in [3.63, 3.8) is 0 Å². The zero-order valence-corrected chi connectivity index (χ0v) is 15.8. The Kier molecular flexibility index (Phi) is 5.62. The van der Waals surface area contributed by atoms with Gasteiger partial charge in [0.25, 0.3) is 5.91 Å². The van der Waals surface area contributed by atoms with Gasteiger partial charge >= 0.3 is 5.97 Å². The first-order valence-electron chi connectivity index (χ1n) is 8.78. The predicted molar refractivity (Wildman–Crippen MR) is 102 cm³/mol. The summed E-state index contributed by atoms with van der Waals surface area (Å²) in [6.07, 6.45) is 1.51. The fourth-order valence-electron chi connectivity index (χ4n) is 3.11. The molecule has 1 saturated heterocycles. The molecule has 1 aliphatic heterocycles. The Labute approximate surface area is 158 Å². The molecule has 4 nitrogen and oxygen atoms in total. The van der Waals surface area contributed by atoms with Crippen molar-refractivity contribution in [2.45, 2.75) is 26.7 Å². The van der Waals surface area contributed by atoms with Crippen LogP contribution in [0.4, 0.5) is 0 Å². The van der Waals surface area contributed by atoms with Crippen molar-refractivity contribution in [1.82, 2.24) is 4.90 Å². The van der Waals surface area contributed by atoms with Crippen LogP contribution in [0.5, 0.6) is 5.75 Å². The monoisotopic (exact) mass is 371 g/mol. The van der Waals surface area contributed by atoms with E-state index in [1.54, 1.807) is 35.2 Å². The molecule has 1 amide bonds. The molecule has 5 heteroatoms. The Bertz CT molecular complexity index is 817. The highest BCUT2D eigenvalue weighted by Gasteiger charge is 2.30. The fourth-order valence-corrected chi connectivity index (χ4v) is 3.23. The Morgan fingerprint density at radius 3 is 2.50 bits per heavy atom. The van der Waals surface area contributed by atoms with Gasteiger partial charge in [-0.2, -0.15) is 0 Å². The zero-order valence-electron chi connectivity index (χ0n) is 15.0. The van der Waals surface area contributed by atoms with E-state index < -0.39 is 0 Å². The van der Waals surface area contributed by atoms with Crippen molar-refractivity contribution in [1.29, 1.82) is 0 Å². The molecule has 0 aliphatic carbocycles. The van der Waals surface area contributed by atoms with Crippen LogP contribution in [0.25, 0.3) is 0 Å². The first kappa shape index (κ1) is 18.5. The number of rotatable bonds is 3. The minimum Gasteiger partial charge on any atom is -0.426 e. The molecule has 1 heterocycles. The molecule has 26 heavy (non-hydrogen) atoms. The highest BCUT2D eigenvalue weighted by molar-refractivity contribution is 6.30. The maximum Gasteiger partial charge on any atom is 0.316 e. The summed E-state index contributed by atoms with van der Waals surface area (Å²) in [4.78, 5) is 26.9. The number of benzene rings is 2. The van der Waals surface area contributed by atoms with Gasteiger partial charge in [-0.25, -0.2) is 0 Å². The summed E-state index contributed by atoms with van der Waals surface area (Å²) in [5.41, 5.74) is 2.82. The summed E-state index contributed by atoms with van der Waals surface area (Å²) in [6, 6.07) is 12.4. The van der Waals surface area contributed by atoms with Gasteiger partial charge in [0.1, 0.15) is 5.75 Å². The van der Waals surface area contributed by atoms with E-state index in [2.05, 4.69) is 0 Å². The summed E-state index contributed by atoms with van der Waals surface area (Å²) in [5, 5.41) is 0.593. The molecule has 0 aromatic heterocycles. The summed E-state index contributed by atoms with van der Waals surface area (Å²) >= 11 is 5.88. The first-order chi connectivity index (χ1) is 12.4. The molecule has 3 rings (SSSR count). The van der Waals surface area contributed by atoms with Gasteiger partial charge in [0, 0.05) is 23.7 Å². The molecule has 0 bridgehead atoms. The number of likely N-dealkylation sites (tertiary alicyclic amines) is 1. The fraction of sp³-hybridized carbons (Fsp3) is 0.333. The molecule has 136 valence electrons.